The summed E-state index contributed by atoms with van der Waals surface area (Å²) in [5.41, 5.74) is 2.29. The van der Waals surface area contributed by atoms with Gasteiger partial charge in [-0.3, -0.25) is 9.59 Å². The largest absolute Gasteiger partial charge is 0.443 e. The van der Waals surface area contributed by atoms with Crippen LogP contribution in [-0.2, 0) is 12.7 Å². The Morgan fingerprint density at radius 1 is 1.31 bits per heavy atom. The number of hydrogen-bond acceptors (Lipinski definition) is 6. The number of nitrogens with zero attached hydrogens (tertiary/aromatic N) is 1. The van der Waals surface area contributed by atoms with E-state index in [9.17, 15) is 22.8 Å². The fourth-order valence-corrected chi connectivity index (χ4v) is 5.43. The smallest absolute Gasteiger partial charge is 0.387 e. The second-order valence-electron chi connectivity index (χ2n) is 6.55. The zero-order valence-electron chi connectivity index (χ0n) is 16.8. The van der Waals surface area contributed by atoms with E-state index in [1.165, 1.54) is 11.8 Å². The van der Waals surface area contributed by atoms with Crippen molar-refractivity contribution in [3.05, 3.63) is 67.6 Å². The van der Waals surface area contributed by atoms with Crippen LogP contribution >= 0.6 is 39.0 Å². The van der Waals surface area contributed by atoms with E-state index in [2.05, 4.69) is 31.5 Å². The molecule has 0 aliphatic rings. The number of halogens is 4. The van der Waals surface area contributed by atoms with Crippen LogP contribution in [0.4, 0.5) is 18.9 Å². The van der Waals surface area contributed by atoms with Crippen LogP contribution in [0.1, 0.15) is 36.2 Å². The quantitative estimate of drug-likeness (QED) is 0.349. The number of aldehydes is 1. The summed E-state index contributed by atoms with van der Waals surface area (Å²) in [6.45, 7) is 1.71. The fraction of sp³-hybridized carbons (Fsp3) is 0.190. The molecule has 32 heavy (non-hydrogen) atoms. The Morgan fingerprint density at radius 2 is 2.03 bits per heavy atom. The maximum Gasteiger partial charge on any atom is 0.443 e. The lowest BCUT2D eigenvalue weighted by Gasteiger charge is -2.18. The number of carbonyl (C=O) groups excluding carboxylic acids is 2. The van der Waals surface area contributed by atoms with Crippen molar-refractivity contribution in [3.8, 4) is 0 Å². The molecule has 0 atom stereocenters. The Kier molecular flexibility index (Phi) is 7.63. The van der Waals surface area contributed by atoms with Gasteiger partial charge in [-0.1, -0.05) is 30.0 Å². The number of rotatable bonds is 7. The van der Waals surface area contributed by atoms with Crippen molar-refractivity contribution in [3.63, 3.8) is 0 Å². The maximum atomic E-state index is 12.8. The predicted octanol–water partition coefficient (Wildman–Crippen LogP) is 6.17. The molecule has 0 saturated heterocycles. The van der Waals surface area contributed by atoms with Gasteiger partial charge in [0.25, 0.3) is 5.91 Å². The molecule has 0 aliphatic heterocycles. The molecule has 5 nitrogen and oxygen atoms in total. The monoisotopic (exact) mass is 543 g/mol. The zero-order chi connectivity index (χ0) is 23.5. The van der Waals surface area contributed by atoms with Gasteiger partial charge in [-0.05, 0) is 40.5 Å². The summed E-state index contributed by atoms with van der Waals surface area (Å²) in [4.78, 5) is 29.4. The van der Waals surface area contributed by atoms with Gasteiger partial charge in [0.2, 0.25) is 0 Å². The van der Waals surface area contributed by atoms with Crippen LogP contribution in [0.25, 0.3) is 0 Å². The molecule has 0 saturated carbocycles. The molecule has 1 heterocycles. The molecule has 0 bridgehead atoms. The van der Waals surface area contributed by atoms with Gasteiger partial charge < -0.3 is 10.6 Å². The first-order valence-electron chi connectivity index (χ1n) is 9.18. The van der Waals surface area contributed by atoms with Crippen molar-refractivity contribution in [1.29, 1.82) is 0 Å². The predicted molar refractivity (Wildman–Crippen MR) is 123 cm³/mol. The minimum Gasteiger partial charge on any atom is -0.387 e. The molecular formula is C21H17BrF3N3O2S2. The first-order valence-corrected chi connectivity index (χ1v) is 11.6. The SMILES string of the molecule is CNc1c(C)c(C(=O)NCc2cnc(C(F)(F)F)s2)cc(Br)c1Sc1ccccc1C=O. The van der Waals surface area contributed by atoms with E-state index in [4.69, 9.17) is 0 Å². The zero-order valence-corrected chi connectivity index (χ0v) is 20.1. The Hall–Kier alpha value is -2.37. The number of carbonyl (C=O) groups is 2. The minimum absolute atomic E-state index is 0.0677. The summed E-state index contributed by atoms with van der Waals surface area (Å²) in [7, 11) is 1.72. The molecule has 2 aromatic carbocycles. The first kappa shape index (κ1) is 24.3. The molecule has 3 rings (SSSR count). The molecule has 2 N–H and O–H groups in total. The van der Waals surface area contributed by atoms with Crippen LogP contribution in [0.2, 0.25) is 0 Å². The molecule has 1 aromatic heterocycles. The Labute approximate surface area is 199 Å². The summed E-state index contributed by atoms with van der Waals surface area (Å²) in [5.74, 6) is -0.425. The van der Waals surface area contributed by atoms with Gasteiger partial charge in [0.15, 0.2) is 11.3 Å². The molecule has 0 radical (unpaired) electrons. The molecule has 0 fully saturated rings. The van der Waals surface area contributed by atoms with Crippen LogP contribution in [0.5, 0.6) is 0 Å². The molecule has 0 spiro atoms. The molecule has 3 aromatic rings. The second kappa shape index (κ2) is 10.1. The van der Waals surface area contributed by atoms with E-state index in [1.54, 1.807) is 32.2 Å². The number of amides is 1. The third-order valence-corrected chi connectivity index (χ3v) is 7.62. The lowest BCUT2D eigenvalue weighted by molar-refractivity contribution is -0.137. The fourth-order valence-electron chi connectivity index (χ4n) is 2.93. The number of aromatic nitrogens is 1. The van der Waals surface area contributed by atoms with E-state index in [-0.39, 0.29) is 6.54 Å². The number of thiazole rings is 1. The van der Waals surface area contributed by atoms with Crippen LogP contribution in [0, 0.1) is 6.92 Å². The summed E-state index contributed by atoms with van der Waals surface area (Å²) in [5, 5.41) is 4.80. The van der Waals surface area contributed by atoms with E-state index >= 15 is 0 Å². The topological polar surface area (TPSA) is 71.1 Å². The highest BCUT2D eigenvalue weighted by molar-refractivity contribution is 9.10. The highest BCUT2D eigenvalue weighted by Gasteiger charge is 2.34. The van der Waals surface area contributed by atoms with Gasteiger partial charge in [-0.2, -0.15) is 13.2 Å². The maximum absolute atomic E-state index is 12.8. The van der Waals surface area contributed by atoms with Gasteiger partial charge in [0.1, 0.15) is 0 Å². The Balaban J connectivity index is 1.85. The van der Waals surface area contributed by atoms with Gasteiger partial charge in [-0.25, -0.2) is 4.98 Å². The Morgan fingerprint density at radius 3 is 2.66 bits per heavy atom. The van der Waals surface area contributed by atoms with E-state index in [0.29, 0.717) is 43.1 Å². The van der Waals surface area contributed by atoms with E-state index in [0.717, 1.165) is 22.3 Å². The molecule has 11 heteroatoms. The van der Waals surface area contributed by atoms with Crippen LogP contribution in [-0.4, -0.2) is 24.2 Å². The lowest BCUT2D eigenvalue weighted by Crippen LogP contribution is -2.23. The highest BCUT2D eigenvalue weighted by atomic mass is 79.9. The van der Waals surface area contributed by atoms with Gasteiger partial charge in [0.05, 0.1) is 12.2 Å². The molecular weight excluding hydrogens is 527 g/mol. The number of nitrogens with one attached hydrogen (secondary N) is 2. The van der Waals surface area contributed by atoms with E-state index in [1.807, 2.05) is 12.1 Å². The average Bonchev–Trinajstić information content (AvgIpc) is 3.24. The standard InChI is InChI=1S/C21H17BrF3N3O2S2/c1-11-14(19(30)27-8-13-9-28-20(31-13)21(23,24)25)7-15(22)18(17(11)26-2)32-16-6-4-3-5-12(16)10-29/h3-7,9-10,26H,8H2,1-2H3,(H,27,30). The molecule has 0 aliphatic carbocycles. The number of hydrogen-bond donors (Lipinski definition) is 2. The van der Waals surface area contributed by atoms with Gasteiger partial charge in [-0.15, -0.1) is 11.3 Å². The number of alkyl halides is 3. The number of anilines is 1. The van der Waals surface area contributed by atoms with Crippen molar-refractivity contribution in [2.75, 3.05) is 12.4 Å². The Bertz CT molecular complexity index is 1170. The summed E-state index contributed by atoms with van der Waals surface area (Å²) < 4.78 is 38.8. The summed E-state index contributed by atoms with van der Waals surface area (Å²) >= 11 is 5.38. The average molecular weight is 544 g/mol. The van der Waals surface area contributed by atoms with Gasteiger partial charge >= 0.3 is 6.18 Å². The van der Waals surface area contributed by atoms with Gasteiger partial charge in [0, 0.05) is 43.5 Å². The van der Waals surface area contributed by atoms with Crippen molar-refractivity contribution in [2.24, 2.45) is 0 Å². The summed E-state index contributed by atoms with van der Waals surface area (Å²) in [6.07, 6.45) is -2.61. The minimum atomic E-state index is -4.51. The first-order chi connectivity index (χ1) is 15.2. The molecule has 168 valence electrons. The highest BCUT2D eigenvalue weighted by Crippen LogP contribution is 2.43. The second-order valence-corrected chi connectivity index (χ2v) is 9.58. The third kappa shape index (κ3) is 5.33. The van der Waals surface area contributed by atoms with Crippen molar-refractivity contribution < 1.29 is 22.8 Å². The van der Waals surface area contributed by atoms with Crippen molar-refractivity contribution in [1.82, 2.24) is 10.3 Å². The van der Waals surface area contributed by atoms with Crippen LogP contribution in [0.3, 0.4) is 0 Å². The van der Waals surface area contributed by atoms with Crippen LogP contribution < -0.4 is 10.6 Å². The van der Waals surface area contributed by atoms with Crippen LogP contribution in [0.15, 0.2) is 50.8 Å². The lowest BCUT2D eigenvalue weighted by atomic mass is 10.1. The number of benzene rings is 2. The van der Waals surface area contributed by atoms with E-state index < -0.39 is 17.1 Å². The van der Waals surface area contributed by atoms with Crippen molar-refractivity contribution in [2.45, 2.75) is 29.4 Å². The molecule has 0 unspecified atom stereocenters. The normalized spacial score (nSPS) is 11.3. The molecule has 1 amide bonds. The van der Waals surface area contributed by atoms with Crippen molar-refractivity contribution >= 4 is 56.9 Å². The third-order valence-electron chi connectivity index (χ3n) is 4.47. The summed E-state index contributed by atoms with van der Waals surface area (Å²) in [6, 6.07) is 8.83.